The van der Waals surface area contributed by atoms with Crippen molar-refractivity contribution in [2.24, 2.45) is 0 Å². The molecule has 4 rings (SSSR count). The van der Waals surface area contributed by atoms with Gasteiger partial charge in [0.25, 0.3) is 0 Å². The number of nitrogen functional groups attached to an aromatic ring is 1. The highest BCUT2D eigenvalue weighted by atomic mass is 15.1. The molecule has 0 atom stereocenters. The summed E-state index contributed by atoms with van der Waals surface area (Å²) in [6.45, 7) is 5.24. The highest BCUT2D eigenvalue weighted by Gasteiger charge is 2.13. The number of nitrogens with two attached hydrogens (primary N) is 1. The zero-order valence-corrected chi connectivity index (χ0v) is 15.9. The topological polar surface area (TPSA) is 43.8 Å². The van der Waals surface area contributed by atoms with Gasteiger partial charge in [-0.1, -0.05) is 42.5 Å². The highest BCUT2D eigenvalue weighted by Crippen LogP contribution is 2.23. The molecule has 0 unspecified atom stereocenters. The van der Waals surface area contributed by atoms with E-state index < -0.39 is 0 Å². The van der Waals surface area contributed by atoms with Gasteiger partial charge < -0.3 is 10.3 Å². The van der Waals surface area contributed by atoms with Crippen LogP contribution in [0, 0.1) is 13.8 Å². The number of hydrogen-bond donors (Lipinski definition) is 1. The maximum atomic E-state index is 5.84. The Morgan fingerprint density at radius 3 is 2.30 bits per heavy atom. The van der Waals surface area contributed by atoms with Gasteiger partial charge in [-0.3, -0.25) is 0 Å². The Morgan fingerprint density at radius 2 is 1.56 bits per heavy atom. The van der Waals surface area contributed by atoms with Crippen LogP contribution in [0.15, 0.2) is 66.7 Å². The third-order valence-electron chi connectivity index (χ3n) is 5.25. The van der Waals surface area contributed by atoms with E-state index >= 15 is 0 Å². The Hall–Kier alpha value is -3.07. The number of hydrogen-bond acceptors (Lipinski definition) is 2. The third kappa shape index (κ3) is 3.72. The molecule has 27 heavy (non-hydrogen) atoms. The number of anilines is 1. The average Bonchev–Trinajstić information content (AvgIpc) is 2.99. The lowest BCUT2D eigenvalue weighted by Crippen LogP contribution is -2.07. The molecule has 0 fully saturated rings. The van der Waals surface area contributed by atoms with E-state index in [4.69, 9.17) is 10.7 Å². The summed E-state index contributed by atoms with van der Waals surface area (Å²) in [5.74, 6) is 1.11. The van der Waals surface area contributed by atoms with Gasteiger partial charge in [-0.05, 0) is 66.8 Å². The van der Waals surface area contributed by atoms with E-state index in [-0.39, 0.29) is 0 Å². The SMILES string of the molecule is Cc1cc2nc(Cc3ccc(N)cc3)n(CCc3ccccc3)c2cc1C. The van der Waals surface area contributed by atoms with Gasteiger partial charge in [-0.15, -0.1) is 0 Å². The van der Waals surface area contributed by atoms with E-state index in [1.165, 1.54) is 27.8 Å². The van der Waals surface area contributed by atoms with Crippen molar-refractivity contribution in [1.29, 1.82) is 0 Å². The van der Waals surface area contributed by atoms with Crippen molar-refractivity contribution in [3.8, 4) is 0 Å². The van der Waals surface area contributed by atoms with E-state index in [0.717, 1.165) is 36.4 Å². The van der Waals surface area contributed by atoms with Crippen molar-refractivity contribution in [1.82, 2.24) is 9.55 Å². The van der Waals surface area contributed by atoms with Crippen molar-refractivity contribution in [3.05, 3.63) is 94.8 Å². The van der Waals surface area contributed by atoms with Gasteiger partial charge >= 0.3 is 0 Å². The Bertz CT molecular complexity index is 1060. The van der Waals surface area contributed by atoms with Crippen LogP contribution in [0.3, 0.4) is 0 Å². The number of fused-ring (bicyclic) bond motifs is 1. The van der Waals surface area contributed by atoms with Crippen LogP contribution in [-0.4, -0.2) is 9.55 Å². The fourth-order valence-corrected chi connectivity index (χ4v) is 3.52. The van der Waals surface area contributed by atoms with Gasteiger partial charge in [0.15, 0.2) is 0 Å². The number of aromatic nitrogens is 2. The van der Waals surface area contributed by atoms with Crippen molar-refractivity contribution < 1.29 is 0 Å². The summed E-state index contributed by atoms with van der Waals surface area (Å²) in [7, 11) is 0. The molecule has 4 aromatic rings. The Kier molecular flexibility index (Phi) is 4.68. The third-order valence-corrected chi connectivity index (χ3v) is 5.25. The molecule has 136 valence electrons. The molecule has 0 aliphatic heterocycles. The van der Waals surface area contributed by atoms with E-state index in [9.17, 15) is 0 Å². The van der Waals surface area contributed by atoms with Crippen LogP contribution in [0.4, 0.5) is 5.69 Å². The second kappa shape index (κ2) is 7.28. The first kappa shape index (κ1) is 17.3. The van der Waals surface area contributed by atoms with E-state index in [0.29, 0.717) is 0 Å². The number of aryl methyl sites for hydroxylation is 4. The minimum Gasteiger partial charge on any atom is -0.399 e. The van der Waals surface area contributed by atoms with E-state index in [1.54, 1.807) is 0 Å². The monoisotopic (exact) mass is 355 g/mol. The summed E-state index contributed by atoms with van der Waals surface area (Å²) in [5.41, 5.74) is 14.1. The first-order valence-corrected chi connectivity index (χ1v) is 9.45. The van der Waals surface area contributed by atoms with Gasteiger partial charge in [-0.25, -0.2) is 4.98 Å². The van der Waals surface area contributed by atoms with Crippen molar-refractivity contribution in [2.45, 2.75) is 33.2 Å². The maximum absolute atomic E-state index is 5.84. The number of imidazole rings is 1. The van der Waals surface area contributed by atoms with Crippen LogP contribution in [0.1, 0.15) is 28.1 Å². The number of nitrogens with zero attached hydrogens (tertiary/aromatic N) is 2. The quantitative estimate of drug-likeness (QED) is 0.508. The molecule has 1 heterocycles. The molecule has 0 aliphatic rings. The summed E-state index contributed by atoms with van der Waals surface area (Å²) in [5, 5.41) is 0. The largest absolute Gasteiger partial charge is 0.399 e. The molecule has 0 saturated heterocycles. The molecule has 3 aromatic carbocycles. The lowest BCUT2D eigenvalue weighted by Gasteiger charge is -2.11. The number of benzene rings is 3. The van der Waals surface area contributed by atoms with Gasteiger partial charge in [0.2, 0.25) is 0 Å². The van der Waals surface area contributed by atoms with Gasteiger partial charge in [-0.2, -0.15) is 0 Å². The Balaban J connectivity index is 1.72. The first-order chi connectivity index (χ1) is 13.1. The molecule has 0 bridgehead atoms. The summed E-state index contributed by atoms with van der Waals surface area (Å²) in [6, 6.07) is 23.2. The summed E-state index contributed by atoms with van der Waals surface area (Å²) in [6.07, 6.45) is 1.80. The molecule has 1 aromatic heterocycles. The Labute approximate surface area is 160 Å². The van der Waals surface area contributed by atoms with Gasteiger partial charge in [0.05, 0.1) is 11.0 Å². The zero-order chi connectivity index (χ0) is 18.8. The molecule has 0 amide bonds. The van der Waals surface area contributed by atoms with Crippen LogP contribution < -0.4 is 5.73 Å². The normalized spacial score (nSPS) is 11.2. The zero-order valence-electron chi connectivity index (χ0n) is 15.9. The fraction of sp³-hybridized carbons (Fsp3) is 0.208. The molecule has 0 aliphatic carbocycles. The predicted molar refractivity (Wildman–Crippen MR) is 113 cm³/mol. The van der Waals surface area contributed by atoms with Gasteiger partial charge in [0.1, 0.15) is 5.82 Å². The Morgan fingerprint density at radius 1 is 0.852 bits per heavy atom. The molecule has 0 saturated carbocycles. The average molecular weight is 355 g/mol. The smallest absolute Gasteiger partial charge is 0.114 e. The molecular weight excluding hydrogens is 330 g/mol. The first-order valence-electron chi connectivity index (χ1n) is 9.45. The summed E-state index contributed by atoms with van der Waals surface area (Å²) >= 11 is 0. The van der Waals surface area contributed by atoms with Crippen molar-refractivity contribution >= 4 is 16.7 Å². The van der Waals surface area contributed by atoms with Gasteiger partial charge in [0, 0.05) is 18.7 Å². The lowest BCUT2D eigenvalue weighted by atomic mass is 10.1. The second-order valence-electron chi connectivity index (χ2n) is 7.26. The molecule has 3 nitrogen and oxygen atoms in total. The molecule has 0 radical (unpaired) electrons. The molecular formula is C24H25N3. The van der Waals surface area contributed by atoms with E-state index in [1.807, 2.05) is 12.1 Å². The summed E-state index contributed by atoms with van der Waals surface area (Å²) < 4.78 is 2.38. The minimum atomic E-state index is 0.794. The minimum absolute atomic E-state index is 0.794. The molecule has 0 spiro atoms. The summed E-state index contributed by atoms with van der Waals surface area (Å²) in [4.78, 5) is 4.98. The van der Waals surface area contributed by atoms with E-state index in [2.05, 4.69) is 73.0 Å². The van der Waals surface area contributed by atoms with Crippen LogP contribution in [-0.2, 0) is 19.4 Å². The predicted octanol–water partition coefficient (Wildman–Crippen LogP) is 5.07. The standard InChI is InChI=1S/C24H25N3/c1-17-14-22-23(15-18(17)2)27(13-12-19-6-4-3-5-7-19)24(26-22)16-20-8-10-21(25)11-9-20/h3-11,14-15H,12-13,16,25H2,1-2H3. The van der Waals surface area contributed by atoms with Crippen LogP contribution in [0.2, 0.25) is 0 Å². The van der Waals surface area contributed by atoms with Crippen LogP contribution >= 0.6 is 0 Å². The highest BCUT2D eigenvalue weighted by molar-refractivity contribution is 5.78. The van der Waals surface area contributed by atoms with Crippen molar-refractivity contribution in [2.75, 3.05) is 5.73 Å². The fourth-order valence-electron chi connectivity index (χ4n) is 3.52. The van der Waals surface area contributed by atoms with Crippen molar-refractivity contribution in [3.63, 3.8) is 0 Å². The second-order valence-corrected chi connectivity index (χ2v) is 7.26. The lowest BCUT2D eigenvalue weighted by molar-refractivity contribution is 0.679. The van der Waals surface area contributed by atoms with Crippen LogP contribution in [0.25, 0.3) is 11.0 Å². The molecule has 3 heteroatoms. The van der Waals surface area contributed by atoms with Crippen LogP contribution in [0.5, 0.6) is 0 Å². The molecule has 2 N–H and O–H groups in total. The number of rotatable bonds is 5. The maximum Gasteiger partial charge on any atom is 0.114 e.